The number of ether oxygens (including phenoxy) is 2. The third-order valence-corrected chi connectivity index (χ3v) is 7.80. The standard InChI is InChI=1S/C25H31N3O3S/c1-30-23-15-27(25(29)19-10-11-19)16-24(23)31-20-7-4-6-18(14-20)17-32-28-13-5-9-22(28)21-8-2-3-12-26-21/h2-4,6-8,12,14,19,22-24H,5,9-11,13,15-17H2,1H3. The fourth-order valence-electron chi connectivity index (χ4n) is 4.66. The van der Waals surface area contributed by atoms with E-state index in [9.17, 15) is 4.79 Å². The van der Waals surface area contributed by atoms with Gasteiger partial charge in [-0.25, -0.2) is 4.31 Å². The summed E-state index contributed by atoms with van der Waals surface area (Å²) in [5, 5.41) is 0. The van der Waals surface area contributed by atoms with Crippen molar-refractivity contribution in [1.29, 1.82) is 0 Å². The molecule has 5 rings (SSSR count). The molecule has 3 fully saturated rings. The summed E-state index contributed by atoms with van der Waals surface area (Å²) in [4.78, 5) is 19.0. The van der Waals surface area contributed by atoms with Gasteiger partial charge in [-0.15, -0.1) is 0 Å². The molecule has 1 amide bonds. The molecule has 3 unspecified atom stereocenters. The molecule has 0 N–H and O–H groups in total. The highest BCUT2D eigenvalue weighted by Crippen LogP contribution is 2.37. The molecule has 3 aliphatic rings. The predicted molar refractivity (Wildman–Crippen MR) is 125 cm³/mol. The minimum Gasteiger partial charge on any atom is -0.486 e. The number of benzene rings is 1. The van der Waals surface area contributed by atoms with E-state index in [2.05, 4.69) is 39.6 Å². The Morgan fingerprint density at radius 3 is 2.78 bits per heavy atom. The number of pyridine rings is 1. The molecule has 0 radical (unpaired) electrons. The first-order valence-corrected chi connectivity index (χ1v) is 12.5. The second-order valence-corrected chi connectivity index (χ2v) is 9.94. The normalized spacial score (nSPS) is 25.9. The molecule has 2 aliphatic heterocycles. The van der Waals surface area contributed by atoms with Crippen molar-refractivity contribution in [2.45, 2.75) is 49.7 Å². The molecule has 0 bridgehead atoms. The van der Waals surface area contributed by atoms with Gasteiger partial charge in [-0.2, -0.15) is 0 Å². The maximum Gasteiger partial charge on any atom is 0.225 e. The predicted octanol–water partition coefficient (Wildman–Crippen LogP) is 4.08. The van der Waals surface area contributed by atoms with Gasteiger partial charge < -0.3 is 14.4 Å². The number of rotatable bonds is 8. The first-order valence-electron chi connectivity index (χ1n) is 11.6. The van der Waals surface area contributed by atoms with Crippen molar-refractivity contribution in [3.05, 3.63) is 59.9 Å². The lowest BCUT2D eigenvalue weighted by Crippen LogP contribution is -2.32. The average Bonchev–Trinajstić information content (AvgIpc) is 3.43. The monoisotopic (exact) mass is 453 g/mol. The van der Waals surface area contributed by atoms with Crippen molar-refractivity contribution in [2.24, 2.45) is 5.92 Å². The SMILES string of the molecule is COC1CN(C(=O)C2CC2)CC1Oc1cccc(CSN2CCCC2c2ccccn2)c1. The molecule has 1 aromatic carbocycles. The van der Waals surface area contributed by atoms with Crippen LogP contribution in [0.15, 0.2) is 48.7 Å². The fraction of sp³-hybridized carbons (Fsp3) is 0.520. The zero-order valence-electron chi connectivity index (χ0n) is 18.6. The van der Waals surface area contributed by atoms with Gasteiger partial charge in [0.2, 0.25) is 5.91 Å². The Morgan fingerprint density at radius 1 is 1.12 bits per heavy atom. The summed E-state index contributed by atoms with van der Waals surface area (Å²) in [6, 6.07) is 14.9. The van der Waals surface area contributed by atoms with E-state index < -0.39 is 0 Å². The number of likely N-dealkylation sites (tertiary alicyclic amines) is 1. The molecule has 1 saturated carbocycles. The topological polar surface area (TPSA) is 54.9 Å². The van der Waals surface area contributed by atoms with Crippen LogP contribution in [0.4, 0.5) is 0 Å². The lowest BCUT2D eigenvalue weighted by molar-refractivity contribution is -0.132. The Balaban J connectivity index is 1.19. The summed E-state index contributed by atoms with van der Waals surface area (Å²) in [6.07, 6.45) is 6.08. The van der Waals surface area contributed by atoms with Crippen molar-refractivity contribution >= 4 is 17.9 Å². The van der Waals surface area contributed by atoms with Crippen molar-refractivity contribution in [1.82, 2.24) is 14.2 Å². The van der Waals surface area contributed by atoms with Crippen LogP contribution in [0, 0.1) is 5.92 Å². The molecule has 3 heterocycles. The highest BCUT2D eigenvalue weighted by atomic mass is 32.2. The molecular weight excluding hydrogens is 422 g/mol. The van der Waals surface area contributed by atoms with Gasteiger partial charge >= 0.3 is 0 Å². The minimum atomic E-state index is -0.127. The second kappa shape index (κ2) is 9.81. The van der Waals surface area contributed by atoms with Gasteiger partial charge in [0.15, 0.2) is 0 Å². The summed E-state index contributed by atoms with van der Waals surface area (Å²) < 4.78 is 14.4. The molecule has 170 valence electrons. The number of hydrogen-bond acceptors (Lipinski definition) is 6. The van der Waals surface area contributed by atoms with Crippen LogP contribution in [-0.4, -0.2) is 59.0 Å². The van der Waals surface area contributed by atoms with E-state index in [4.69, 9.17) is 9.47 Å². The zero-order chi connectivity index (χ0) is 21.9. The van der Waals surface area contributed by atoms with Gasteiger partial charge in [0.1, 0.15) is 18.0 Å². The molecule has 1 aromatic heterocycles. The van der Waals surface area contributed by atoms with Crippen molar-refractivity contribution in [3.8, 4) is 5.75 Å². The molecule has 1 aliphatic carbocycles. The maximum absolute atomic E-state index is 12.5. The highest BCUT2D eigenvalue weighted by molar-refractivity contribution is 7.96. The van der Waals surface area contributed by atoms with E-state index in [1.165, 1.54) is 12.0 Å². The summed E-state index contributed by atoms with van der Waals surface area (Å²) in [6.45, 7) is 2.31. The summed E-state index contributed by atoms with van der Waals surface area (Å²) in [7, 11) is 1.70. The van der Waals surface area contributed by atoms with E-state index in [0.29, 0.717) is 19.1 Å². The van der Waals surface area contributed by atoms with Crippen LogP contribution in [-0.2, 0) is 15.3 Å². The quantitative estimate of drug-likeness (QED) is 0.562. The molecule has 2 saturated heterocycles. The maximum atomic E-state index is 12.5. The van der Waals surface area contributed by atoms with E-state index in [1.54, 1.807) is 7.11 Å². The summed E-state index contributed by atoms with van der Waals surface area (Å²) in [5.74, 6) is 2.23. The average molecular weight is 454 g/mol. The minimum absolute atomic E-state index is 0.0838. The highest BCUT2D eigenvalue weighted by Gasteiger charge is 2.42. The van der Waals surface area contributed by atoms with Gasteiger partial charge in [-0.1, -0.05) is 30.1 Å². The zero-order valence-corrected chi connectivity index (χ0v) is 19.4. The summed E-state index contributed by atoms with van der Waals surface area (Å²) >= 11 is 1.87. The van der Waals surface area contributed by atoms with Gasteiger partial charge in [-0.3, -0.25) is 9.78 Å². The van der Waals surface area contributed by atoms with Crippen molar-refractivity contribution in [2.75, 3.05) is 26.7 Å². The van der Waals surface area contributed by atoms with Crippen LogP contribution in [0.3, 0.4) is 0 Å². The Kier molecular flexibility index (Phi) is 6.67. The van der Waals surface area contributed by atoms with Crippen LogP contribution in [0.1, 0.15) is 43.0 Å². The van der Waals surface area contributed by atoms with E-state index in [0.717, 1.165) is 43.0 Å². The van der Waals surface area contributed by atoms with E-state index >= 15 is 0 Å². The number of carbonyl (C=O) groups is 1. The fourth-order valence-corrected chi connectivity index (χ4v) is 5.80. The number of amides is 1. The molecule has 7 heteroatoms. The van der Waals surface area contributed by atoms with Crippen LogP contribution in [0.2, 0.25) is 0 Å². The van der Waals surface area contributed by atoms with Crippen molar-refractivity contribution < 1.29 is 14.3 Å². The Bertz CT molecular complexity index is 924. The van der Waals surface area contributed by atoms with E-state index in [-0.39, 0.29) is 24.0 Å². The third-order valence-electron chi connectivity index (χ3n) is 6.57. The van der Waals surface area contributed by atoms with Gasteiger partial charge in [-0.05, 0) is 55.5 Å². The first kappa shape index (κ1) is 21.7. The lowest BCUT2D eigenvalue weighted by Gasteiger charge is -2.23. The van der Waals surface area contributed by atoms with E-state index in [1.807, 2.05) is 35.2 Å². The first-order chi connectivity index (χ1) is 15.7. The van der Waals surface area contributed by atoms with Crippen LogP contribution in [0.5, 0.6) is 5.75 Å². The molecule has 6 nitrogen and oxygen atoms in total. The Hall–Kier alpha value is -2.09. The number of carbonyl (C=O) groups excluding carboxylic acids is 1. The number of nitrogens with zero attached hydrogens (tertiary/aromatic N) is 3. The molecule has 32 heavy (non-hydrogen) atoms. The smallest absolute Gasteiger partial charge is 0.225 e. The number of aromatic nitrogens is 1. The van der Waals surface area contributed by atoms with Crippen molar-refractivity contribution in [3.63, 3.8) is 0 Å². The number of hydrogen-bond donors (Lipinski definition) is 0. The lowest BCUT2D eigenvalue weighted by atomic mass is 10.1. The Labute approximate surface area is 194 Å². The van der Waals surface area contributed by atoms with Gasteiger partial charge in [0, 0.05) is 31.5 Å². The third kappa shape index (κ3) is 4.95. The molecule has 0 spiro atoms. The second-order valence-electron chi connectivity index (χ2n) is 8.92. The largest absolute Gasteiger partial charge is 0.486 e. The van der Waals surface area contributed by atoms with Crippen LogP contribution >= 0.6 is 11.9 Å². The van der Waals surface area contributed by atoms with Gasteiger partial charge in [0.05, 0.1) is 24.8 Å². The Morgan fingerprint density at radius 2 is 2.00 bits per heavy atom. The molecule has 3 atom stereocenters. The summed E-state index contributed by atoms with van der Waals surface area (Å²) in [5.41, 5.74) is 2.39. The molecular formula is C25H31N3O3S. The number of methoxy groups -OCH3 is 1. The van der Waals surface area contributed by atoms with Crippen LogP contribution in [0.25, 0.3) is 0 Å². The van der Waals surface area contributed by atoms with Gasteiger partial charge in [0.25, 0.3) is 0 Å². The van der Waals surface area contributed by atoms with Crippen LogP contribution < -0.4 is 4.74 Å². The molecule has 2 aromatic rings.